The molecule has 254 valence electrons. The Morgan fingerprint density at radius 3 is 2.62 bits per heavy atom. The van der Waals surface area contributed by atoms with Crippen LogP contribution >= 0.6 is 23.2 Å². The number of methoxy groups -OCH3 is 1. The lowest BCUT2D eigenvalue weighted by Crippen LogP contribution is -2.47. The molecule has 1 aliphatic rings. The van der Waals surface area contributed by atoms with Crippen molar-refractivity contribution in [1.82, 2.24) is 34.8 Å². The Kier molecular flexibility index (Phi) is 10.9. The summed E-state index contributed by atoms with van der Waals surface area (Å²) in [6.07, 6.45) is -1.34. The quantitative estimate of drug-likeness (QED) is 0.239. The molecule has 2 atom stereocenters. The van der Waals surface area contributed by atoms with Gasteiger partial charge >= 0.3 is 12.4 Å². The molecule has 3 heterocycles. The van der Waals surface area contributed by atoms with E-state index in [0.29, 0.717) is 59.9 Å². The van der Waals surface area contributed by atoms with E-state index in [2.05, 4.69) is 30.7 Å². The molecule has 0 saturated carbocycles. The number of ether oxygens (including phenoxy) is 1. The molecule has 4 aromatic rings. The zero-order chi connectivity index (χ0) is 34.4. The second kappa shape index (κ2) is 15.1. The van der Waals surface area contributed by atoms with Crippen molar-refractivity contribution in [2.45, 2.75) is 50.5 Å². The summed E-state index contributed by atoms with van der Waals surface area (Å²) in [5.74, 6) is -0.507. The first kappa shape index (κ1) is 34.7. The molecule has 0 unspecified atom stereocenters. The van der Waals surface area contributed by atoms with Gasteiger partial charge in [0, 0.05) is 35.4 Å². The Hall–Kier alpha value is -4.63. The predicted octanol–water partition coefficient (Wildman–Crippen LogP) is 5.84. The van der Waals surface area contributed by atoms with Crippen molar-refractivity contribution in [2.75, 3.05) is 25.5 Å². The zero-order valence-electron chi connectivity index (χ0n) is 25.6. The van der Waals surface area contributed by atoms with Crippen LogP contribution in [0, 0.1) is 0 Å². The first-order chi connectivity index (χ1) is 22.9. The Morgan fingerprint density at radius 1 is 1.10 bits per heavy atom. The van der Waals surface area contributed by atoms with Crippen LogP contribution < -0.4 is 16.2 Å². The van der Waals surface area contributed by atoms with E-state index in [0.717, 1.165) is 12.7 Å². The fourth-order valence-corrected chi connectivity index (χ4v) is 5.80. The van der Waals surface area contributed by atoms with Crippen molar-refractivity contribution in [1.29, 1.82) is 0 Å². The van der Waals surface area contributed by atoms with Crippen molar-refractivity contribution in [3.8, 4) is 16.9 Å². The molecule has 2 N–H and O–H groups in total. The molecule has 2 bridgehead atoms. The van der Waals surface area contributed by atoms with Crippen LogP contribution in [-0.4, -0.2) is 74.0 Å². The number of anilines is 1. The minimum absolute atomic E-state index is 0.185. The first-order valence-corrected chi connectivity index (χ1v) is 15.7. The molecule has 17 heteroatoms. The van der Waals surface area contributed by atoms with Gasteiger partial charge in [-0.15, -0.1) is 18.3 Å². The van der Waals surface area contributed by atoms with E-state index >= 15 is 0 Å². The van der Waals surface area contributed by atoms with Crippen LogP contribution in [0.25, 0.3) is 16.9 Å². The van der Waals surface area contributed by atoms with Gasteiger partial charge in [0.05, 0.1) is 37.1 Å². The minimum atomic E-state index is -4.99. The lowest BCUT2D eigenvalue weighted by molar-refractivity contribution is -0.229. The van der Waals surface area contributed by atoms with Gasteiger partial charge in [-0.2, -0.15) is 0 Å². The SMILES string of the molecule is COC(=O)N(CC[C@@H]1Nc2cccc(c2)[C@@H](n2cnc(-c3cc(Cl)ccc3-n3cc(Cl)nn3)cc2=O)CCCCCNC1=O)C(F)(F)F. The van der Waals surface area contributed by atoms with E-state index in [1.165, 1.54) is 27.8 Å². The van der Waals surface area contributed by atoms with Gasteiger partial charge in [0.15, 0.2) is 5.15 Å². The molecule has 1 aliphatic heterocycles. The Morgan fingerprint density at radius 2 is 1.92 bits per heavy atom. The topological polar surface area (TPSA) is 136 Å². The third-order valence-electron chi connectivity index (χ3n) is 7.84. The summed E-state index contributed by atoms with van der Waals surface area (Å²) >= 11 is 12.3. The second-order valence-electron chi connectivity index (χ2n) is 11.0. The Bertz CT molecular complexity index is 1830. The molecule has 2 aromatic carbocycles. The third kappa shape index (κ3) is 8.26. The van der Waals surface area contributed by atoms with Gasteiger partial charge in [0.1, 0.15) is 6.04 Å². The summed E-state index contributed by atoms with van der Waals surface area (Å²) in [5, 5.41) is 14.2. The lowest BCUT2D eigenvalue weighted by Gasteiger charge is -2.26. The number of nitrogens with one attached hydrogen (secondary N) is 2. The van der Waals surface area contributed by atoms with Gasteiger partial charge in [-0.3, -0.25) is 14.2 Å². The van der Waals surface area contributed by atoms with Crippen LogP contribution in [0.2, 0.25) is 10.2 Å². The predicted molar refractivity (Wildman–Crippen MR) is 172 cm³/mol. The molecule has 0 fully saturated rings. The van der Waals surface area contributed by atoms with E-state index in [1.54, 1.807) is 36.4 Å². The van der Waals surface area contributed by atoms with Crippen molar-refractivity contribution < 1.29 is 27.5 Å². The molecule has 48 heavy (non-hydrogen) atoms. The monoisotopic (exact) mass is 706 g/mol. The highest BCUT2D eigenvalue weighted by Crippen LogP contribution is 2.30. The van der Waals surface area contributed by atoms with E-state index in [4.69, 9.17) is 23.2 Å². The molecule has 2 amide bonds. The fraction of sp³-hybridized carbons (Fsp3) is 0.355. The molecule has 0 saturated heterocycles. The Balaban J connectivity index is 1.45. The van der Waals surface area contributed by atoms with Crippen LogP contribution in [0.3, 0.4) is 0 Å². The number of rotatable bonds is 6. The van der Waals surface area contributed by atoms with Gasteiger partial charge in [-0.1, -0.05) is 53.4 Å². The first-order valence-electron chi connectivity index (χ1n) is 15.0. The van der Waals surface area contributed by atoms with Crippen LogP contribution in [-0.2, 0) is 9.53 Å². The molecule has 5 rings (SSSR count). The van der Waals surface area contributed by atoms with Gasteiger partial charge in [0.2, 0.25) is 5.91 Å². The van der Waals surface area contributed by atoms with Crippen molar-refractivity contribution in [2.24, 2.45) is 0 Å². The van der Waals surface area contributed by atoms with Gasteiger partial charge in [-0.05, 0) is 55.2 Å². The number of hydrogen-bond donors (Lipinski definition) is 2. The van der Waals surface area contributed by atoms with E-state index in [9.17, 15) is 27.6 Å². The van der Waals surface area contributed by atoms with E-state index < -0.39 is 36.9 Å². The second-order valence-corrected chi connectivity index (χ2v) is 11.8. The maximum atomic E-state index is 13.7. The summed E-state index contributed by atoms with van der Waals surface area (Å²) in [5.41, 5.74) is 2.29. The smallest absolute Gasteiger partial charge is 0.453 e. The number of halogens is 5. The normalized spacial score (nSPS) is 17.2. The molecule has 12 nitrogen and oxygen atoms in total. The summed E-state index contributed by atoms with van der Waals surface area (Å²) in [6, 6.07) is 11.9. The minimum Gasteiger partial charge on any atom is -0.453 e. The van der Waals surface area contributed by atoms with Crippen LogP contribution in [0.4, 0.5) is 23.7 Å². The van der Waals surface area contributed by atoms with E-state index in [-0.39, 0.29) is 22.0 Å². The third-order valence-corrected chi connectivity index (χ3v) is 8.25. The number of aromatic nitrogens is 5. The zero-order valence-corrected chi connectivity index (χ0v) is 27.1. The van der Waals surface area contributed by atoms with Gasteiger partial charge in [-0.25, -0.2) is 19.4 Å². The summed E-state index contributed by atoms with van der Waals surface area (Å²) in [7, 11) is 0.852. The summed E-state index contributed by atoms with van der Waals surface area (Å²) in [4.78, 5) is 42.8. The largest absolute Gasteiger partial charge is 0.489 e. The van der Waals surface area contributed by atoms with Gasteiger partial charge in [0.25, 0.3) is 5.56 Å². The number of alkyl halides is 3. The highest BCUT2D eigenvalue weighted by molar-refractivity contribution is 6.31. The number of carbonyl (C=O) groups is 2. The highest BCUT2D eigenvalue weighted by Gasteiger charge is 2.42. The van der Waals surface area contributed by atoms with Crippen molar-refractivity contribution in [3.05, 3.63) is 87.1 Å². The highest BCUT2D eigenvalue weighted by atomic mass is 35.5. The maximum Gasteiger partial charge on any atom is 0.489 e. The number of fused-ring (bicyclic) bond motifs is 2. The summed E-state index contributed by atoms with van der Waals surface area (Å²) in [6.45, 7) is -0.510. The van der Waals surface area contributed by atoms with Crippen LogP contribution in [0.1, 0.15) is 43.7 Å². The average Bonchev–Trinajstić information content (AvgIpc) is 3.49. The van der Waals surface area contributed by atoms with Gasteiger partial charge < -0.3 is 15.4 Å². The standard InChI is InChI=1S/C31H31Cl2F3N8O4/c1-48-30(47)43(31(34,35)36)13-11-23-29(46)37-12-4-2-3-8-25(19-6-5-7-21(14-19)39-23)42-18-38-24(16-28(42)45)22-15-20(32)9-10-26(22)44-17-27(33)40-41-44/h5-7,9-10,14-18,23,25,39H,2-4,8,11-13H2,1H3,(H,37,46)/t23-,25-/m0/s1. The number of amides is 2. The lowest BCUT2D eigenvalue weighted by atomic mass is 9.99. The fourth-order valence-electron chi connectivity index (χ4n) is 5.50. The van der Waals surface area contributed by atoms with Crippen molar-refractivity contribution >= 4 is 40.9 Å². The number of nitrogens with zero attached hydrogens (tertiary/aromatic N) is 6. The molecular formula is C31H31Cl2F3N8O4. The average molecular weight is 708 g/mol. The van der Waals surface area contributed by atoms with Crippen LogP contribution in [0.5, 0.6) is 0 Å². The van der Waals surface area contributed by atoms with Crippen molar-refractivity contribution in [3.63, 3.8) is 0 Å². The van der Waals surface area contributed by atoms with Crippen LogP contribution in [0.15, 0.2) is 65.8 Å². The van der Waals surface area contributed by atoms with E-state index in [1.807, 2.05) is 6.07 Å². The number of benzene rings is 2. The molecule has 2 aromatic heterocycles. The number of carbonyl (C=O) groups excluding carboxylic acids is 2. The Labute approximate surface area is 282 Å². The number of hydrogen-bond acceptors (Lipinski definition) is 8. The summed E-state index contributed by atoms with van der Waals surface area (Å²) < 4.78 is 47.8. The molecule has 0 spiro atoms. The molecule has 0 radical (unpaired) electrons. The maximum absolute atomic E-state index is 13.7. The molecular weight excluding hydrogens is 676 g/mol. The molecule has 0 aliphatic carbocycles.